The zero-order chi connectivity index (χ0) is 21.4. The Morgan fingerprint density at radius 2 is 1.57 bits per heavy atom. The summed E-state index contributed by atoms with van der Waals surface area (Å²) in [6.45, 7) is 7.19. The van der Waals surface area contributed by atoms with E-state index in [0.717, 1.165) is 42.3 Å². The Morgan fingerprint density at radius 1 is 0.800 bits per heavy atom. The SMILES string of the molecule is CCOc1ccc(C(C)(C)CCCc2cccc(Oc3ccccc3)c2)cc1OC. The molecule has 0 saturated heterocycles. The zero-order valence-electron chi connectivity index (χ0n) is 18.5. The maximum Gasteiger partial charge on any atom is 0.161 e. The van der Waals surface area contributed by atoms with E-state index in [1.165, 1.54) is 11.1 Å². The fourth-order valence-corrected chi connectivity index (χ4v) is 3.63. The lowest BCUT2D eigenvalue weighted by atomic mass is 9.79. The molecule has 0 aliphatic carbocycles. The summed E-state index contributed by atoms with van der Waals surface area (Å²) in [5.74, 6) is 3.34. The van der Waals surface area contributed by atoms with Crippen LogP contribution in [-0.2, 0) is 11.8 Å². The molecule has 0 aromatic heterocycles. The van der Waals surface area contributed by atoms with E-state index >= 15 is 0 Å². The smallest absolute Gasteiger partial charge is 0.161 e. The van der Waals surface area contributed by atoms with Gasteiger partial charge in [0.1, 0.15) is 11.5 Å². The van der Waals surface area contributed by atoms with E-state index in [0.29, 0.717) is 6.61 Å². The topological polar surface area (TPSA) is 27.7 Å². The quantitative estimate of drug-likeness (QED) is 0.358. The summed E-state index contributed by atoms with van der Waals surface area (Å²) in [5, 5.41) is 0. The second kappa shape index (κ2) is 10.2. The van der Waals surface area contributed by atoms with E-state index in [1.54, 1.807) is 7.11 Å². The van der Waals surface area contributed by atoms with Crippen LogP contribution in [0, 0.1) is 0 Å². The molecule has 0 saturated carbocycles. The molecule has 0 atom stereocenters. The van der Waals surface area contributed by atoms with Crippen LogP contribution in [0.15, 0.2) is 72.8 Å². The van der Waals surface area contributed by atoms with Crippen LogP contribution < -0.4 is 14.2 Å². The maximum atomic E-state index is 5.97. The average Bonchev–Trinajstić information content (AvgIpc) is 2.75. The van der Waals surface area contributed by atoms with Gasteiger partial charge in [0.2, 0.25) is 0 Å². The molecular weight excluding hydrogens is 372 g/mol. The molecule has 0 N–H and O–H groups in total. The molecule has 0 unspecified atom stereocenters. The fourth-order valence-electron chi connectivity index (χ4n) is 3.63. The first-order valence-electron chi connectivity index (χ1n) is 10.6. The predicted octanol–water partition coefficient (Wildman–Crippen LogP) is 7.19. The molecule has 0 heterocycles. The van der Waals surface area contributed by atoms with Crippen LogP contribution >= 0.6 is 0 Å². The minimum Gasteiger partial charge on any atom is -0.493 e. The van der Waals surface area contributed by atoms with Gasteiger partial charge in [-0.05, 0) is 79.1 Å². The van der Waals surface area contributed by atoms with Crippen molar-refractivity contribution in [2.45, 2.75) is 45.4 Å². The molecule has 3 aromatic carbocycles. The molecule has 0 fully saturated rings. The van der Waals surface area contributed by atoms with Crippen LogP contribution in [0.2, 0.25) is 0 Å². The van der Waals surface area contributed by atoms with E-state index in [2.05, 4.69) is 44.2 Å². The van der Waals surface area contributed by atoms with Crippen molar-refractivity contribution in [1.29, 1.82) is 0 Å². The summed E-state index contributed by atoms with van der Waals surface area (Å²) in [5.41, 5.74) is 2.61. The van der Waals surface area contributed by atoms with Crippen molar-refractivity contribution in [2.24, 2.45) is 0 Å². The minimum atomic E-state index is 0.0518. The van der Waals surface area contributed by atoms with Crippen molar-refractivity contribution >= 4 is 0 Å². The van der Waals surface area contributed by atoms with Crippen LogP contribution in [0.4, 0.5) is 0 Å². The highest BCUT2D eigenvalue weighted by Crippen LogP contribution is 2.36. The summed E-state index contributed by atoms with van der Waals surface area (Å²) >= 11 is 0. The second-order valence-electron chi connectivity index (χ2n) is 8.10. The highest BCUT2D eigenvalue weighted by atomic mass is 16.5. The molecule has 3 rings (SSSR count). The Bertz CT molecular complexity index is 932. The van der Waals surface area contributed by atoms with Crippen LogP contribution in [0.1, 0.15) is 44.7 Å². The molecule has 30 heavy (non-hydrogen) atoms. The average molecular weight is 405 g/mol. The van der Waals surface area contributed by atoms with Crippen LogP contribution in [0.25, 0.3) is 0 Å². The Hall–Kier alpha value is -2.94. The Labute approximate surface area is 180 Å². The molecule has 0 aliphatic heterocycles. The number of hydrogen-bond acceptors (Lipinski definition) is 3. The normalized spacial score (nSPS) is 11.2. The molecule has 0 spiro atoms. The van der Waals surface area contributed by atoms with Gasteiger partial charge >= 0.3 is 0 Å². The number of rotatable bonds is 10. The van der Waals surface area contributed by atoms with Crippen molar-refractivity contribution in [3.8, 4) is 23.0 Å². The van der Waals surface area contributed by atoms with Gasteiger partial charge in [0.15, 0.2) is 11.5 Å². The number of aryl methyl sites for hydroxylation is 1. The minimum absolute atomic E-state index is 0.0518. The number of methoxy groups -OCH3 is 1. The molecule has 0 bridgehead atoms. The van der Waals surface area contributed by atoms with Crippen LogP contribution in [0.5, 0.6) is 23.0 Å². The van der Waals surface area contributed by atoms with E-state index in [9.17, 15) is 0 Å². The molecule has 0 radical (unpaired) electrons. The summed E-state index contributed by atoms with van der Waals surface area (Å²) in [6, 6.07) is 24.6. The zero-order valence-corrected chi connectivity index (χ0v) is 18.5. The van der Waals surface area contributed by atoms with Crippen LogP contribution in [-0.4, -0.2) is 13.7 Å². The third kappa shape index (κ3) is 5.79. The van der Waals surface area contributed by atoms with Gasteiger partial charge in [-0.3, -0.25) is 0 Å². The fraction of sp³-hybridized carbons (Fsp3) is 0.333. The first-order chi connectivity index (χ1) is 14.5. The molecule has 158 valence electrons. The lowest BCUT2D eigenvalue weighted by Crippen LogP contribution is -2.17. The van der Waals surface area contributed by atoms with Crippen molar-refractivity contribution in [3.63, 3.8) is 0 Å². The molecule has 0 aliphatic rings. The monoisotopic (exact) mass is 404 g/mol. The molecule has 3 nitrogen and oxygen atoms in total. The third-order valence-electron chi connectivity index (χ3n) is 5.39. The summed E-state index contributed by atoms with van der Waals surface area (Å²) in [4.78, 5) is 0. The lowest BCUT2D eigenvalue weighted by molar-refractivity contribution is 0.310. The number of para-hydroxylation sites is 1. The number of hydrogen-bond donors (Lipinski definition) is 0. The van der Waals surface area contributed by atoms with Crippen molar-refractivity contribution in [2.75, 3.05) is 13.7 Å². The maximum absolute atomic E-state index is 5.97. The van der Waals surface area contributed by atoms with Gasteiger partial charge in [0.25, 0.3) is 0 Å². The van der Waals surface area contributed by atoms with Crippen molar-refractivity contribution in [1.82, 2.24) is 0 Å². The predicted molar refractivity (Wildman–Crippen MR) is 123 cm³/mol. The molecule has 0 amide bonds. The van der Waals surface area contributed by atoms with Gasteiger partial charge < -0.3 is 14.2 Å². The van der Waals surface area contributed by atoms with Gasteiger partial charge in [0.05, 0.1) is 13.7 Å². The summed E-state index contributed by atoms with van der Waals surface area (Å²) in [7, 11) is 1.69. The summed E-state index contributed by atoms with van der Waals surface area (Å²) < 4.78 is 17.1. The molecule has 3 heteroatoms. The molecule has 3 aromatic rings. The van der Waals surface area contributed by atoms with E-state index in [1.807, 2.05) is 49.4 Å². The van der Waals surface area contributed by atoms with E-state index in [-0.39, 0.29) is 5.41 Å². The van der Waals surface area contributed by atoms with Gasteiger partial charge in [-0.15, -0.1) is 0 Å². The largest absolute Gasteiger partial charge is 0.493 e. The van der Waals surface area contributed by atoms with Crippen LogP contribution in [0.3, 0.4) is 0 Å². The van der Waals surface area contributed by atoms with E-state index < -0.39 is 0 Å². The Kier molecular flexibility index (Phi) is 7.40. The number of benzene rings is 3. The first kappa shape index (κ1) is 21.8. The third-order valence-corrected chi connectivity index (χ3v) is 5.39. The summed E-state index contributed by atoms with van der Waals surface area (Å²) in [6.07, 6.45) is 3.19. The Balaban J connectivity index is 1.61. The second-order valence-corrected chi connectivity index (χ2v) is 8.10. The van der Waals surface area contributed by atoms with Crippen molar-refractivity contribution in [3.05, 3.63) is 83.9 Å². The van der Waals surface area contributed by atoms with Crippen molar-refractivity contribution < 1.29 is 14.2 Å². The van der Waals surface area contributed by atoms with E-state index in [4.69, 9.17) is 14.2 Å². The standard InChI is InChI=1S/C27H32O3/c1-5-29-25-17-16-22(20-26(25)28-4)27(2,3)18-10-12-21-11-9-15-24(19-21)30-23-13-7-6-8-14-23/h6-9,11,13-17,19-20H,5,10,12,18H2,1-4H3. The van der Waals surface area contributed by atoms with Gasteiger partial charge in [0, 0.05) is 0 Å². The lowest BCUT2D eigenvalue weighted by Gasteiger charge is -2.26. The van der Waals surface area contributed by atoms with Gasteiger partial charge in [-0.2, -0.15) is 0 Å². The van der Waals surface area contributed by atoms with Gasteiger partial charge in [-0.25, -0.2) is 0 Å². The van der Waals surface area contributed by atoms with Gasteiger partial charge in [-0.1, -0.05) is 50.2 Å². The highest BCUT2D eigenvalue weighted by Gasteiger charge is 2.22. The first-order valence-corrected chi connectivity index (χ1v) is 10.6. The number of ether oxygens (including phenoxy) is 3. The molecular formula is C27H32O3. The Morgan fingerprint density at radius 3 is 2.30 bits per heavy atom. The highest BCUT2D eigenvalue weighted by molar-refractivity contribution is 5.45.